The van der Waals surface area contributed by atoms with E-state index in [4.69, 9.17) is 0 Å². The molecule has 2 saturated heterocycles. The summed E-state index contributed by atoms with van der Waals surface area (Å²) < 4.78 is 0. The van der Waals surface area contributed by atoms with Crippen LogP contribution in [0.1, 0.15) is 32.1 Å². The van der Waals surface area contributed by atoms with Crippen molar-refractivity contribution >= 4 is 0 Å². The maximum atomic E-state index is 3.65. The van der Waals surface area contributed by atoms with Crippen LogP contribution in [0.15, 0.2) is 0 Å². The van der Waals surface area contributed by atoms with Gasteiger partial charge in [0.05, 0.1) is 0 Å². The summed E-state index contributed by atoms with van der Waals surface area (Å²) in [5.41, 5.74) is 0. The van der Waals surface area contributed by atoms with Crippen LogP contribution in [0.4, 0.5) is 0 Å². The molecule has 2 aliphatic heterocycles. The van der Waals surface area contributed by atoms with Crippen LogP contribution in [0, 0.1) is 0 Å². The van der Waals surface area contributed by atoms with Gasteiger partial charge in [0.1, 0.15) is 0 Å². The summed E-state index contributed by atoms with van der Waals surface area (Å²) in [5, 5.41) is 3.65. The van der Waals surface area contributed by atoms with Crippen molar-refractivity contribution in [1.82, 2.24) is 10.2 Å². The van der Waals surface area contributed by atoms with Crippen LogP contribution in [-0.2, 0) is 0 Å². The lowest BCUT2D eigenvalue weighted by Crippen LogP contribution is -2.47. The number of piperidine rings is 1. The second-order valence-corrected chi connectivity index (χ2v) is 4.25. The van der Waals surface area contributed by atoms with Crippen LogP contribution in [0.25, 0.3) is 0 Å². The van der Waals surface area contributed by atoms with Gasteiger partial charge in [0.2, 0.25) is 0 Å². The number of likely N-dealkylation sites (tertiary alicyclic amines) is 1. The van der Waals surface area contributed by atoms with Gasteiger partial charge < -0.3 is 10.2 Å². The fraction of sp³-hybridized carbons (Fsp3) is 1.00. The number of nitrogens with one attached hydrogen (secondary N) is 1. The summed E-state index contributed by atoms with van der Waals surface area (Å²) >= 11 is 0. The summed E-state index contributed by atoms with van der Waals surface area (Å²) in [6, 6.07) is 1.64. The predicted molar refractivity (Wildman–Crippen MR) is 51.3 cm³/mol. The first-order chi connectivity index (χ1) is 5.88. The largest absolute Gasteiger partial charge is 0.312 e. The zero-order chi connectivity index (χ0) is 8.39. The predicted octanol–water partition coefficient (Wildman–Crippen LogP) is 1.22. The third-order valence-electron chi connectivity index (χ3n) is 3.39. The van der Waals surface area contributed by atoms with Crippen molar-refractivity contribution in [3.63, 3.8) is 0 Å². The molecule has 1 N–H and O–H groups in total. The van der Waals surface area contributed by atoms with E-state index in [1.165, 1.54) is 45.2 Å². The van der Waals surface area contributed by atoms with Gasteiger partial charge in [-0.2, -0.15) is 0 Å². The molecule has 0 unspecified atom stereocenters. The highest BCUT2D eigenvalue weighted by Gasteiger charge is 2.29. The van der Waals surface area contributed by atoms with Crippen LogP contribution in [0.5, 0.6) is 0 Å². The van der Waals surface area contributed by atoms with Crippen molar-refractivity contribution in [3.8, 4) is 0 Å². The van der Waals surface area contributed by atoms with Crippen LogP contribution < -0.4 is 5.32 Å². The molecule has 0 aromatic rings. The minimum Gasteiger partial charge on any atom is -0.312 e. The molecule has 2 rings (SSSR count). The first-order valence-corrected chi connectivity index (χ1v) is 5.31. The van der Waals surface area contributed by atoms with E-state index in [2.05, 4.69) is 17.3 Å². The summed E-state index contributed by atoms with van der Waals surface area (Å²) in [4.78, 5) is 2.53. The molecule has 0 amide bonds. The van der Waals surface area contributed by atoms with Gasteiger partial charge in [0.15, 0.2) is 0 Å². The van der Waals surface area contributed by atoms with Crippen molar-refractivity contribution in [1.29, 1.82) is 0 Å². The smallest absolute Gasteiger partial charge is 0.0246 e. The fourth-order valence-electron chi connectivity index (χ4n) is 2.65. The van der Waals surface area contributed by atoms with Crippen LogP contribution in [0.3, 0.4) is 0 Å². The van der Waals surface area contributed by atoms with Gasteiger partial charge in [-0.25, -0.2) is 0 Å². The highest BCUT2D eigenvalue weighted by Crippen LogP contribution is 2.22. The van der Waals surface area contributed by atoms with Gasteiger partial charge in [-0.05, 0) is 45.8 Å². The molecule has 2 atom stereocenters. The Bertz CT molecular complexity index is 141. The lowest BCUT2D eigenvalue weighted by Gasteiger charge is -2.32. The first-order valence-electron chi connectivity index (χ1n) is 5.31. The molecule has 2 heteroatoms. The summed E-state index contributed by atoms with van der Waals surface area (Å²) in [7, 11) is 2.27. The Morgan fingerprint density at radius 2 is 2.08 bits per heavy atom. The standard InChI is InChI=1S/C10H20N2/c1-12-8-4-6-10(12)9-5-2-3-7-11-9/h9-11H,2-8H2,1H3/t9-,10+/m1/s1. The lowest BCUT2D eigenvalue weighted by molar-refractivity contribution is 0.218. The topological polar surface area (TPSA) is 15.3 Å². The number of nitrogens with zero attached hydrogens (tertiary/aromatic N) is 1. The summed E-state index contributed by atoms with van der Waals surface area (Å²) in [5.74, 6) is 0. The van der Waals surface area contributed by atoms with E-state index in [9.17, 15) is 0 Å². The molecule has 0 aromatic heterocycles. The minimum absolute atomic E-state index is 0.797. The van der Waals surface area contributed by atoms with Gasteiger partial charge in [0, 0.05) is 12.1 Å². The zero-order valence-corrected chi connectivity index (χ0v) is 8.05. The molecular weight excluding hydrogens is 148 g/mol. The number of likely N-dealkylation sites (N-methyl/N-ethyl adjacent to an activating group) is 1. The van der Waals surface area contributed by atoms with E-state index in [0.717, 1.165) is 12.1 Å². The van der Waals surface area contributed by atoms with E-state index in [-0.39, 0.29) is 0 Å². The van der Waals surface area contributed by atoms with Gasteiger partial charge >= 0.3 is 0 Å². The highest BCUT2D eigenvalue weighted by atomic mass is 15.2. The van der Waals surface area contributed by atoms with Gasteiger partial charge in [0.25, 0.3) is 0 Å². The Hall–Kier alpha value is -0.0800. The number of hydrogen-bond acceptors (Lipinski definition) is 2. The van der Waals surface area contributed by atoms with Gasteiger partial charge in [-0.1, -0.05) is 6.42 Å². The Balaban J connectivity index is 1.89. The molecule has 0 radical (unpaired) electrons. The Kier molecular flexibility index (Phi) is 2.66. The first kappa shape index (κ1) is 8.52. The van der Waals surface area contributed by atoms with Crippen molar-refractivity contribution in [2.75, 3.05) is 20.1 Å². The molecule has 0 aromatic carbocycles. The molecule has 0 aliphatic carbocycles. The molecule has 2 heterocycles. The maximum Gasteiger partial charge on any atom is 0.0246 e. The van der Waals surface area contributed by atoms with Crippen molar-refractivity contribution < 1.29 is 0 Å². The Morgan fingerprint density at radius 3 is 2.67 bits per heavy atom. The zero-order valence-electron chi connectivity index (χ0n) is 8.05. The van der Waals surface area contributed by atoms with Crippen LogP contribution >= 0.6 is 0 Å². The van der Waals surface area contributed by atoms with E-state index >= 15 is 0 Å². The molecule has 0 saturated carbocycles. The molecule has 70 valence electrons. The molecule has 2 nitrogen and oxygen atoms in total. The molecular formula is C10H20N2. The molecule has 12 heavy (non-hydrogen) atoms. The molecule has 0 bridgehead atoms. The van der Waals surface area contributed by atoms with Crippen LogP contribution in [0.2, 0.25) is 0 Å². The third-order valence-corrected chi connectivity index (χ3v) is 3.39. The second kappa shape index (κ2) is 3.75. The van der Waals surface area contributed by atoms with Crippen molar-refractivity contribution in [2.24, 2.45) is 0 Å². The Labute approximate surface area is 75.3 Å². The molecule has 0 spiro atoms. The van der Waals surface area contributed by atoms with E-state index in [1.54, 1.807) is 0 Å². The summed E-state index contributed by atoms with van der Waals surface area (Å²) in [6.07, 6.45) is 7.03. The average Bonchev–Trinajstić information content (AvgIpc) is 2.53. The quantitative estimate of drug-likeness (QED) is 0.633. The third kappa shape index (κ3) is 1.64. The van der Waals surface area contributed by atoms with Gasteiger partial charge in [-0.3, -0.25) is 0 Å². The summed E-state index contributed by atoms with van der Waals surface area (Å²) in [6.45, 7) is 2.55. The SMILES string of the molecule is CN1CCC[C@H]1[C@H]1CCCCN1. The number of hydrogen-bond donors (Lipinski definition) is 1. The van der Waals surface area contributed by atoms with Crippen LogP contribution in [-0.4, -0.2) is 37.1 Å². The van der Waals surface area contributed by atoms with E-state index in [0.29, 0.717) is 0 Å². The lowest BCUT2D eigenvalue weighted by atomic mass is 9.96. The second-order valence-electron chi connectivity index (χ2n) is 4.25. The van der Waals surface area contributed by atoms with Crippen molar-refractivity contribution in [3.05, 3.63) is 0 Å². The highest BCUT2D eigenvalue weighted by molar-refractivity contribution is 4.89. The molecule has 2 aliphatic rings. The van der Waals surface area contributed by atoms with Crippen molar-refractivity contribution in [2.45, 2.75) is 44.2 Å². The van der Waals surface area contributed by atoms with E-state index in [1.807, 2.05) is 0 Å². The average molecular weight is 168 g/mol. The normalized spacial score (nSPS) is 38.8. The maximum absolute atomic E-state index is 3.65. The fourth-order valence-corrected chi connectivity index (χ4v) is 2.65. The Morgan fingerprint density at radius 1 is 1.17 bits per heavy atom. The molecule has 2 fully saturated rings. The minimum atomic E-state index is 0.797. The number of rotatable bonds is 1. The van der Waals surface area contributed by atoms with E-state index < -0.39 is 0 Å². The monoisotopic (exact) mass is 168 g/mol. The van der Waals surface area contributed by atoms with Gasteiger partial charge in [-0.15, -0.1) is 0 Å².